The Morgan fingerprint density at radius 2 is 2.08 bits per heavy atom. The van der Waals surface area contributed by atoms with E-state index in [0.717, 1.165) is 38.2 Å². The molecule has 8 nitrogen and oxygen atoms in total. The van der Waals surface area contributed by atoms with Crippen molar-refractivity contribution in [1.29, 1.82) is 0 Å². The van der Waals surface area contributed by atoms with Crippen molar-refractivity contribution in [2.24, 2.45) is 0 Å². The molecular formula is C17H26N4O4. The predicted octanol–water partition coefficient (Wildman–Crippen LogP) is 0.0346. The zero-order valence-corrected chi connectivity index (χ0v) is 14.5. The number of aliphatic hydroxyl groups is 1. The van der Waals surface area contributed by atoms with Gasteiger partial charge in [0.2, 0.25) is 5.91 Å². The van der Waals surface area contributed by atoms with Gasteiger partial charge in [-0.25, -0.2) is 0 Å². The van der Waals surface area contributed by atoms with E-state index in [1.807, 2.05) is 15.8 Å². The van der Waals surface area contributed by atoms with Crippen molar-refractivity contribution in [2.75, 3.05) is 57.5 Å². The molecule has 0 spiro atoms. The lowest BCUT2D eigenvalue weighted by atomic mass is 10.1. The van der Waals surface area contributed by atoms with E-state index in [4.69, 9.17) is 9.47 Å². The Balaban J connectivity index is 1.36. The second-order valence-electron chi connectivity index (χ2n) is 7.33. The number of likely N-dealkylation sites (tertiary alicyclic amines) is 1. The average molecular weight is 350 g/mol. The van der Waals surface area contributed by atoms with Crippen molar-refractivity contribution in [3.8, 4) is 0 Å². The molecule has 1 unspecified atom stereocenters. The number of nitrogens with zero attached hydrogens (tertiary/aromatic N) is 4. The molecule has 1 aromatic rings. The number of rotatable bonds is 4. The minimum atomic E-state index is -0.942. The molecule has 1 amide bonds. The van der Waals surface area contributed by atoms with Gasteiger partial charge in [-0.3, -0.25) is 14.4 Å². The van der Waals surface area contributed by atoms with E-state index >= 15 is 0 Å². The van der Waals surface area contributed by atoms with Gasteiger partial charge < -0.3 is 19.5 Å². The van der Waals surface area contributed by atoms with Crippen molar-refractivity contribution in [3.63, 3.8) is 0 Å². The minimum Gasteiger partial charge on any atom is -0.384 e. The van der Waals surface area contributed by atoms with Crippen LogP contribution in [0.2, 0.25) is 0 Å². The molecule has 25 heavy (non-hydrogen) atoms. The zero-order chi connectivity index (χ0) is 17.3. The fraction of sp³-hybridized carbons (Fsp3) is 0.765. The Morgan fingerprint density at radius 1 is 1.28 bits per heavy atom. The minimum absolute atomic E-state index is 0.184. The van der Waals surface area contributed by atoms with Gasteiger partial charge in [-0.15, -0.1) is 0 Å². The van der Waals surface area contributed by atoms with E-state index in [9.17, 15) is 9.90 Å². The highest BCUT2D eigenvalue weighted by Gasteiger charge is 2.35. The van der Waals surface area contributed by atoms with Gasteiger partial charge in [-0.2, -0.15) is 5.10 Å². The number of carbonyl (C=O) groups excluding carboxylic acids is 1. The van der Waals surface area contributed by atoms with Crippen LogP contribution in [-0.4, -0.2) is 83.9 Å². The van der Waals surface area contributed by atoms with Gasteiger partial charge in [-0.1, -0.05) is 0 Å². The largest absolute Gasteiger partial charge is 0.384 e. The van der Waals surface area contributed by atoms with Crippen molar-refractivity contribution >= 4 is 11.6 Å². The predicted molar refractivity (Wildman–Crippen MR) is 90.5 cm³/mol. The van der Waals surface area contributed by atoms with E-state index < -0.39 is 5.60 Å². The third-order valence-corrected chi connectivity index (χ3v) is 5.23. The van der Waals surface area contributed by atoms with Crippen LogP contribution < -0.4 is 4.90 Å². The highest BCUT2D eigenvalue weighted by Crippen LogP contribution is 2.27. The van der Waals surface area contributed by atoms with Crippen LogP contribution >= 0.6 is 0 Å². The summed E-state index contributed by atoms with van der Waals surface area (Å²) in [6.07, 6.45) is 6.29. The molecule has 4 heterocycles. The van der Waals surface area contributed by atoms with Crippen molar-refractivity contribution in [3.05, 3.63) is 12.4 Å². The smallest absolute Gasteiger partial charge is 0.227 e. The van der Waals surface area contributed by atoms with Crippen LogP contribution in [0.4, 0.5) is 5.69 Å². The Labute approximate surface area is 147 Å². The van der Waals surface area contributed by atoms with Crippen LogP contribution in [0.5, 0.6) is 0 Å². The summed E-state index contributed by atoms with van der Waals surface area (Å²) in [5.74, 6) is 0.184. The molecule has 1 atom stereocenters. The summed E-state index contributed by atoms with van der Waals surface area (Å²) in [5, 5.41) is 15.2. The SMILES string of the molecule is O=C1CCCN1c1cnn(C2CCN(CC3(O)COCCOC3)C2)c1. The summed E-state index contributed by atoms with van der Waals surface area (Å²) in [7, 11) is 0. The maximum Gasteiger partial charge on any atom is 0.227 e. The molecule has 3 aliphatic rings. The van der Waals surface area contributed by atoms with Gasteiger partial charge in [0.25, 0.3) is 0 Å². The van der Waals surface area contributed by atoms with Gasteiger partial charge in [-0.05, 0) is 12.8 Å². The first-order chi connectivity index (χ1) is 12.1. The van der Waals surface area contributed by atoms with E-state index in [1.54, 1.807) is 6.20 Å². The lowest BCUT2D eigenvalue weighted by Gasteiger charge is -2.30. The van der Waals surface area contributed by atoms with E-state index in [-0.39, 0.29) is 11.9 Å². The van der Waals surface area contributed by atoms with Gasteiger partial charge >= 0.3 is 0 Å². The normalized spacial score (nSPS) is 27.8. The third-order valence-electron chi connectivity index (χ3n) is 5.23. The number of carbonyl (C=O) groups is 1. The first-order valence-corrected chi connectivity index (χ1v) is 9.08. The second-order valence-corrected chi connectivity index (χ2v) is 7.33. The Hall–Kier alpha value is -1.48. The van der Waals surface area contributed by atoms with Crippen LogP contribution in [0, 0.1) is 0 Å². The summed E-state index contributed by atoms with van der Waals surface area (Å²) < 4.78 is 12.9. The highest BCUT2D eigenvalue weighted by molar-refractivity contribution is 5.95. The molecule has 3 fully saturated rings. The molecule has 1 aromatic heterocycles. The van der Waals surface area contributed by atoms with Crippen molar-refractivity contribution in [2.45, 2.75) is 30.9 Å². The van der Waals surface area contributed by atoms with E-state index in [0.29, 0.717) is 39.4 Å². The fourth-order valence-electron chi connectivity index (χ4n) is 3.95. The van der Waals surface area contributed by atoms with Crippen LogP contribution in [0.25, 0.3) is 0 Å². The molecule has 1 N–H and O–H groups in total. The van der Waals surface area contributed by atoms with Crippen LogP contribution in [0.3, 0.4) is 0 Å². The van der Waals surface area contributed by atoms with Gasteiger partial charge in [0, 0.05) is 38.8 Å². The lowest BCUT2D eigenvalue weighted by molar-refractivity contribution is -0.117. The Kier molecular flexibility index (Phi) is 4.77. The molecule has 0 saturated carbocycles. The Bertz CT molecular complexity index is 612. The van der Waals surface area contributed by atoms with Gasteiger partial charge in [0.1, 0.15) is 5.60 Å². The summed E-state index contributed by atoms with van der Waals surface area (Å²) >= 11 is 0. The molecule has 8 heteroatoms. The van der Waals surface area contributed by atoms with Crippen molar-refractivity contribution in [1.82, 2.24) is 14.7 Å². The first-order valence-electron chi connectivity index (χ1n) is 9.08. The third kappa shape index (κ3) is 3.72. The van der Waals surface area contributed by atoms with Crippen LogP contribution in [0.15, 0.2) is 12.4 Å². The zero-order valence-electron chi connectivity index (χ0n) is 14.5. The quantitative estimate of drug-likeness (QED) is 0.826. The Morgan fingerprint density at radius 3 is 2.80 bits per heavy atom. The monoisotopic (exact) mass is 350 g/mol. The van der Waals surface area contributed by atoms with Crippen LogP contribution in [-0.2, 0) is 14.3 Å². The maximum atomic E-state index is 11.9. The average Bonchev–Trinajstić information content (AvgIpc) is 3.28. The molecule has 3 saturated heterocycles. The second kappa shape index (κ2) is 7.03. The molecule has 0 aliphatic carbocycles. The van der Waals surface area contributed by atoms with E-state index in [1.165, 1.54) is 0 Å². The fourth-order valence-corrected chi connectivity index (χ4v) is 3.95. The number of aromatic nitrogens is 2. The van der Waals surface area contributed by atoms with Gasteiger partial charge in [0.05, 0.1) is 44.4 Å². The number of β-amino-alcohol motifs (C(OH)–C–C–N with tert-alkyl or cyclic N) is 1. The molecule has 0 bridgehead atoms. The summed E-state index contributed by atoms with van der Waals surface area (Å²) in [5.41, 5.74) is -0.0482. The molecule has 0 radical (unpaired) electrons. The molecule has 4 rings (SSSR count). The maximum absolute atomic E-state index is 11.9. The molecule has 138 valence electrons. The van der Waals surface area contributed by atoms with E-state index in [2.05, 4.69) is 10.00 Å². The lowest BCUT2D eigenvalue weighted by Crippen LogP contribution is -2.48. The van der Waals surface area contributed by atoms with Crippen LogP contribution in [0.1, 0.15) is 25.3 Å². The summed E-state index contributed by atoms with van der Waals surface area (Å²) in [6, 6.07) is 0.266. The summed E-state index contributed by atoms with van der Waals surface area (Å²) in [4.78, 5) is 15.9. The summed E-state index contributed by atoms with van der Waals surface area (Å²) in [6.45, 7) is 4.78. The number of hydrogen-bond acceptors (Lipinski definition) is 6. The standard InChI is InChI=1S/C17H26N4O4/c22-16-2-1-4-20(16)15-8-18-21(10-15)14-3-5-19(9-14)11-17(23)12-24-6-7-25-13-17/h8,10,14,23H,1-7,9,11-13H2. The van der Waals surface area contributed by atoms with Crippen molar-refractivity contribution < 1.29 is 19.4 Å². The number of hydrogen-bond donors (Lipinski definition) is 1. The molecule has 0 aromatic carbocycles. The van der Waals surface area contributed by atoms with Gasteiger partial charge in [0.15, 0.2) is 0 Å². The topological polar surface area (TPSA) is 80.1 Å². The number of anilines is 1. The first kappa shape index (κ1) is 17.0. The molecule has 3 aliphatic heterocycles. The highest BCUT2D eigenvalue weighted by atomic mass is 16.6. The number of amides is 1. The molecular weight excluding hydrogens is 324 g/mol. The number of ether oxygens (including phenoxy) is 2.